The smallest absolute Gasteiger partial charge is 0.156 e. The van der Waals surface area contributed by atoms with Gasteiger partial charge in [-0.2, -0.15) is 0 Å². The van der Waals surface area contributed by atoms with Crippen LogP contribution >= 0.6 is 11.8 Å². The van der Waals surface area contributed by atoms with Gasteiger partial charge in [-0.3, -0.25) is 4.99 Å². The van der Waals surface area contributed by atoms with Crippen LogP contribution in [-0.4, -0.2) is 47.0 Å². The summed E-state index contributed by atoms with van der Waals surface area (Å²) < 4.78 is 0. The van der Waals surface area contributed by atoms with Gasteiger partial charge in [0.2, 0.25) is 0 Å². The predicted octanol–water partition coefficient (Wildman–Crippen LogP) is 3.50. The van der Waals surface area contributed by atoms with Gasteiger partial charge in [0.15, 0.2) is 5.17 Å². The van der Waals surface area contributed by atoms with Crippen LogP contribution in [0.4, 0.5) is 0 Å². The Bertz CT molecular complexity index is 332. The quantitative estimate of drug-likeness (QED) is 0.787. The molecule has 116 valence electrons. The number of nitrogens with one attached hydrogen (secondary N) is 1. The molecule has 4 heteroatoms. The van der Waals surface area contributed by atoms with Gasteiger partial charge in [-0.05, 0) is 52.5 Å². The van der Waals surface area contributed by atoms with Crippen LogP contribution < -0.4 is 5.32 Å². The number of hydrogen-bond acceptors (Lipinski definition) is 3. The van der Waals surface area contributed by atoms with Gasteiger partial charge in [-0.25, -0.2) is 0 Å². The zero-order chi connectivity index (χ0) is 14.4. The first-order chi connectivity index (χ1) is 9.63. The summed E-state index contributed by atoms with van der Waals surface area (Å²) in [6.45, 7) is 10.4. The lowest BCUT2D eigenvalue weighted by molar-refractivity contribution is 0.160. The monoisotopic (exact) mass is 297 g/mol. The minimum Gasteiger partial charge on any atom is -0.360 e. The summed E-state index contributed by atoms with van der Waals surface area (Å²) in [5, 5.41) is 4.80. The summed E-state index contributed by atoms with van der Waals surface area (Å²) in [7, 11) is 0. The zero-order valence-electron chi connectivity index (χ0n) is 13.5. The van der Waals surface area contributed by atoms with Gasteiger partial charge in [-0.1, -0.05) is 25.1 Å². The highest BCUT2D eigenvalue weighted by atomic mass is 32.2. The lowest BCUT2D eigenvalue weighted by Gasteiger charge is -2.35. The van der Waals surface area contributed by atoms with Crippen molar-refractivity contribution in [3.63, 3.8) is 0 Å². The maximum absolute atomic E-state index is 4.78. The fourth-order valence-corrected chi connectivity index (χ4v) is 4.27. The van der Waals surface area contributed by atoms with Gasteiger partial charge in [0.05, 0.1) is 0 Å². The predicted molar refractivity (Wildman–Crippen MR) is 90.7 cm³/mol. The van der Waals surface area contributed by atoms with Gasteiger partial charge in [0.25, 0.3) is 0 Å². The summed E-state index contributed by atoms with van der Waals surface area (Å²) in [6.07, 6.45) is 7.79. The third-order valence-electron chi connectivity index (χ3n) is 4.88. The Morgan fingerprint density at radius 1 is 1.45 bits per heavy atom. The molecule has 0 aromatic carbocycles. The van der Waals surface area contributed by atoms with E-state index in [4.69, 9.17) is 4.99 Å². The fraction of sp³-hybridized carbons (Fsp3) is 0.938. The van der Waals surface area contributed by atoms with Crippen LogP contribution in [-0.2, 0) is 0 Å². The average Bonchev–Trinajstić information content (AvgIpc) is 2.45. The van der Waals surface area contributed by atoms with Crippen molar-refractivity contribution in [2.24, 2.45) is 4.99 Å². The summed E-state index contributed by atoms with van der Waals surface area (Å²) in [5.41, 5.74) is 0.269. The van der Waals surface area contributed by atoms with Crippen LogP contribution in [0.1, 0.15) is 59.3 Å². The van der Waals surface area contributed by atoms with E-state index in [1.54, 1.807) is 0 Å². The van der Waals surface area contributed by atoms with Crippen molar-refractivity contribution in [3.05, 3.63) is 0 Å². The molecule has 0 saturated carbocycles. The van der Waals surface area contributed by atoms with E-state index < -0.39 is 0 Å². The van der Waals surface area contributed by atoms with Gasteiger partial charge >= 0.3 is 0 Å². The molecular weight excluding hydrogens is 266 g/mol. The topological polar surface area (TPSA) is 27.6 Å². The van der Waals surface area contributed by atoms with E-state index >= 15 is 0 Å². The molecule has 2 saturated heterocycles. The molecule has 0 aromatic rings. The summed E-state index contributed by atoms with van der Waals surface area (Å²) in [6, 6.07) is 0.780. The number of hydrogen-bond donors (Lipinski definition) is 1. The second-order valence-corrected chi connectivity index (χ2v) is 7.64. The van der Waals surface area contributed by atoms with Gasteiger partial charge in [0.1, 0.15) is 0 Å². The number of rotatable bonds is 5. The molecule has 0 radical (unpaired) electrons. The number of piperidine rings is 1. The van der Waals surface area contributed by atoms with Crippen molar-refractivity contribution in [2.45, 2.75) is 70.9 Å². The molecular formula is C16H31N3S. The van der Waals surface area contributed by atoms with E-state index in [-0.39, 0.29) is 5.54 Å². The maximum atomic E-state index is 4.78. The molecule has 0 amide bonds. The Morgan fingerprint density at radius 2 is 2.30 bits per heavy atom. The minimum atomic E-state index is 0.269. The first kappa shape index (κ1) is 16.2. The van der Waals surface area contributed by atoms with Crippen LogP contribution in [0.3, 0.4) is 0 Å². The first-order valence-electron chi connectivity index (χ1n) is 8.32. The molecule has 2 heterocycles. The molecule has 2 aliphatic heterocycles. The number of likely N-dealkylation sites (tertiary alicyclic amines) is 1. The van der Waals surface area contributed by atoms with Crippen molar-refractivity contribution in [2.75, 3.05) is 25.4 Å². The molecule has 2 aliphatic rings. The lowest BCUT2D eigenvalue weighted by atomic mass is 9.96. The molecule has 0 aromatic heterocycles. The maximum Gasteiger partial charge on any atom is 0.156 e. The Hall–Kier alpha value is -0.220. The van der Waals surface area contributed by atoms with Crippen LogP contribution in [0.25, 0.3) is 0 Å². The highest BCUT2D eigenvalue weighted by Gasteiger charge is 2.27. The fourth-order valence-electron chi connectivity index (χ4n) is 3.02. The highest BCUT2D eigenvalue weighted by Crippen LogP contribution is 2.24. The standard InChI is InChI=1S/C16H31N3S/c1-4-16(3)9-13-20-15(18-16)17-10-7-12-19-11-6-5-8-14(19)2/h14H,4-13H2,1-3H3,(H,17,18). The van der Waals surface area contributed by atoms with Crippen LogP contribution in [0.15, 0.2) is 4.99 Å². The van der Waals surface area contributed by atoms with Crippen LogP contribution in [0.5, 0.6) is 0 Å². The number of nitrogens with zero attached hydrogens (tertiary/aromatic N) is 2. The normalized spacial score (nSPS) is 34.1. The summed E-state index contributed by atoms with van der Waals surface area (Å²) in [5.74, 6) is 1.21. The SMILES string of the molecule is CCC1(C)CCSC(=NCCCN2CCCCC2C)N1. The van der Waals surface area contributed by atoms with Gasteiger partial charge in [0, 0.05) is 30.4 Å². The summed E-state index contributed by atoms with van der Waals surface area (Å²) in [4.78, 5) is 7.42. The van der Waals surface area contributed by atoms with E-state index in [9.17, 15) is 0 Å². The molecule has 0 bridgehead atoms. The average molecular weight is 298 g/mol. The Labute approximate surface area is 129 Å². The largest absolute Gasteiger partial charge is 0.360 e. The molecule has 0 aliphatic carbocycles. The molecule has 2 fully saturated rings. The molecule has 1 N–H and O–H groups in total. The first-order valence-corrected chi connectivity index (χ1v) is 9.31. The highest BCUT2D eigenvalue weighted by molar-refractivity contribution is 8.13. The Kier molecular flexibility index (Phi) is 6.21. The molecule has 0 spiro atoms. The van der Waals surface area contributed by atoms with Crippen LogP contribution in [0.2, 0.25) is 0 Å². The Morgan fingerprint density at radius 3 is 3.05 bits per heavy atom. The second kappa shape index (κ2) is 7.69. The van der Waals surface area contributed by atoms with Crippen molar-refractivity contribution in [1.29, 1.82) is 0 Å². The van der Waals surface area contributed by atoms with E-state index in [1.165, 1.54) is 62.5 Å². The molecule has 2 rings (SSSR count). The lowest BCUT2D eigenvalue weighted by Crippen LogP contribution is -2.48. The van der Waals surface area contributed by atoms with Crippen molar-refractivity contribution >= 4 is 16.9 Å². The second-order valence-electron chi connectivity index (χ2n) is 6.56. The number of thioether (sulfide) groups is 1. The number of amidine groups is 1. The van der Waals surface area contributed by atoms with E-state index in [2.05, 4.69) is 31.0 Å². The van der Waals surface area contributed by atoms with Crippen molar-refractivity contribution in [3.8, 4) is 0 Å². The molecule has 20 heavy (non-hydrogen) atoms. The third kappa shape index (κ3) is 4.66. The zero-order valence-corrected chi connectivity index (χ0v) is 14.3. The van der Waals surface area contributed by atoms with E-state index in [0.717, 1.165) is 12.6 Å². The van der Waals surface area contributed by atoms with E-state index in [1.807, 2.05) is 11.8 Å². The van der Waals surface area contributed by atoms with Gasteiger partial charge in [-0.15, -0.1) is 0 Å². The molecule has 3 nitrogen and oxygen atoms in total. The minimum absolute atomic E-state index is 0.269. The molecule has 2 atom stereocenters. The van der Waals surface area contributed by atoms with Crippen molar-refractivity contribution < 1.29 is 0 Å². The van der Waals surface area contributed by atoms with Crippen molar-refractivity contribution in [1.82, 2.24) is 10.2 Å². The Balaban J connectivity index is 1.70. The summed E-state index contributed by atoms with van der Waals surface area (Å²) >= 11 is 1.89. The van der Waals surface area contributed by atoms with Gasteiger partial charge < -0.3 is 10.2 Å². The third-order valence-corrected chi connectivity index (χ3v) is 5.79. The molecule has 2 unspecified atom stereocenters. The number of aliphatic imine (C=N–C) groups is 1. The van der Waals surface area contributed by atoms with E-state index in [0.29, 0.717) is 0 Å². The van der Waals surface area contributed by atoms with Crippen LogP contribution in [0, 0.1) is 0 Å².